The van der Waals surface area contributed by atoms with Gasteiger partial charge in [0.15, 0.2) is 5.78 Å². The number of nitrogens with zero attached hydrogens (tertiary/aromatic N) is 6. The number of hydrogen-bond donors (Lipinski definition) is 0. The summed E-state index contributed by atoms with van der Waals surface area (Å²) in [6.07, 6.45) is 9.03. The summed E-state index contributed by atoms with van der Waals surface area (Å²) in [6, 6.07) is 57.6. The molecule has 6 heterocycles. The van der Waals surface area contributed by atoms with E-state index >= 15 is 4.79 Å². The van der Waals surface area contributed by atoms with Crippen molar-refractivity contribution in [1.82, 2.24) is 19.8 Å². The first-order chi connectivity index (χ1) is 33.5. The summed E-state index contributed by atoms with van der Waals surface area (Å²) in [5, 5.41) is 1.23. The average molecular weight is 926 g/mol. The third kappa shape index (κ3) is 7.16. The van der Waals surface area contributed by atoms with Crippen molar-refractivity contribution in [3.05, 3.63) is 261 Å². The third-order valence-corrected chi connectivity index (χ3v) is 14.7. The van der Waals surface area contributed by atoms with E-state index in [1.807, 2.05) is 85.5 Å². The van der Waals surface area contributed by atoms with Crippen molar-refractivity contribution in [3.63, 3.8) is 0 Å². The fourth-order valence-corrected chi connectivity index (χ4v) is 11.5. The van der Waals surface area contributed by atoms with Gasteiger partial charge in [-0.2, -0.15) is 0 Å². The van der Waals surface area contributed by atoms with Crippen LogP contribution in [0.5, 0.6) is 0 Å². The van der Waals surface area contributed by atoms with E-state index in [1.54, 1.807) is 0 Å². The lowest BCUT2D eigenvalue weighted by atomic mass is 9.79. The highest BCUT2D eigenvalue weighted by molar-refractivity contribution is 6.45. The molecule has 0 fully saturated rings. The Labute approximate surface area is 406 Å². The zero-order chi connectivity index (χ0) is 45.7. The molecule has 8 aromatic rings. The summed E-state index contributed by atoms with van der Waals surface area (Å²) >= 11 is 14.5. The molecule has 0 amide bonds. The molecule has 2 atom stereocenters. The minimum atomic E-state index is -0.456. The molecule has 9 heteroatoms. The molecule has 12 rings (SSSR count). The molecule has 6 aromatic carbocycles. The number of carbonyl (C=O) groups excluding carboxylic acids is 1. The van der Waals surface area contributed by atoms with Crippen molar-refractivity contribution in [1.29, 1.82) is 0 Å². The number of halogens is 2. The Morgan fingerprint density at radius 2 is 0.824 bits per heavy atom. The topological polar surface area (TPSA) is 55.8 Å². The SMILES string of the molecule is O=C(C1=C(N2CCc3ccccc3C2)C(c2ccccc2)N(c2ccccc2Cl)c2ccncc21)C1=C(N2CCc3ccccc3C2)C(c2ccccc2)N(c2ccccc2Cl)c2ccncc21. The van der Waals surface area contributed by atoms with Gasteiger partial charge in [0.2, 0.25) is 0 Å². The molecule has 7 nitrogen and oxygen atoms in total. The molecule has 4 aliphatic rings. The second-order valence-corrected chi connectivity index (χ2v) is 18.6. The van der Waals surface area contributed by atoms with Crippen LogP contribution in [-0.2, 0) is 30.7 Å². The molecule has 2 unspecified atom stereocenters. The normalized spacial score (nSPS) is 17.6. The second kappa shape index (κ2) is 17.6. The Kier molecular flexibility index (Phi) is 10.9. The molecular weight excluding hydrogens is 880 g/mol. The fourth-order valence-electron chi connectivity index (χ4n) is 11.0. The van der Waals surface area contributed by atoms with Crippen molar-refractivity contribution < 1.29 is 4.79 Å². The minimum absolute atomic E-state index is 0.0873. The summed E-state index contributed by atoms with van der Waals surface area (Å²) in [5.74, 6) is -0.0873. The first-order valence-electron chi connectivity index (χ1n) is 23.3. The predicted octanol–water partition coefficient (Wildman–Crippen LogP) is 13.4. The van der Waals surface area contributed by atoms with Gasteiger partial charge in [0.1, 0.15) is 0 Å². The highest BCUT2D eigenvalue weighted by Crippen LogP contribution is 2.56. The second-order valence-electron chi connectivity index (χ2n) is 17.8. The van der Waals surface area contributed by atoms with Crippen molar-refractivity contribution >= 4 is 62.9 Å². The Morgan fingerprint density at radius 3 is 1.25 bits per heavy atom. The Morgan fingerprint density at radius 1 is 0.441 bits per heavy atom. The van der Waals surface area contributed by atoms with E-state index in [-0.39, 0.29) is 5.78 Å². The number of anilines is 4. The van der Waals surface area contributed by atoms with E-state index < -0.39 is 12.1 Å². The van der Waals surface area contributed by atoms with Crippen molar-refractivity contribution in [2.75, 3.05) is 22.9 Å². The van der Waals surface area contributed by atoms with Crippen molar-refractivity contribution in [2.45, 2.75) is 38.0 Å². The quantitative estimate of drug-likeness (QED) is 0.150. The minimum Gasteiger partial charge on any atom is -0.368 e. The van der Waals surface area contributed by atoms with Crippen LogP contribution in [0.2, 0.25) is 10.0 Å². The lowest BCUT2D eigenvalue weighted by Crippen LogP contribution is -2.43. The van der Waals surface area contributed by atoms with Gasteiger partial charge in [-0.05, 0) is 82.6 Å². The fraction of sp³-hybridized carbons (Fsp3) is 0.136. The first-order valence-corrected chi connectivity index (χ1v) is 24.0. The van der Waals surface area contributed by atoms with Gasteiger partial charge >= 0.3 is 0 Å². The van der Waals surface area contributed by atoms with Crippen LogP contribution in [-0.4, -0.2) is 38.6 Å². The highest BCUT2D eigenvalue weighted by Gasteiger charge is 2.46. The summed E-state index contributed by atoms with van der Waals surface area (Å²) < 4.78 is 0. The van der Waals surface area contributed by atoms with Gasteiger partial charge in [0, 0.05) is 62.1 Å². The zero-order valence-corrected chi connectivity index (χ0v) is 38.7. The number of fused-ring (bicyclic) bond motifs is 4. The van der Waals surface area contributed by atoms with Crippen LogP contribution < -0.4 is 9.80 Å². The van der Waals surface area contributed by atoms with E-state index in [4.69, 9.17) is 33.2 Å². The van der Waals surface area contributed by atoms with Crippen LogP contribution in [0.4, 0.5) is 22.7 Å². The number of pyridine rings is 2. The summed E-state index contributed by atoms with van der Waals surface area (Å²) in [7, 11) is 0. The monoisotopic (exact) mass is 924 g/mol. The number of carbonyl (C=O) groups is 1. The number of Topliss-reactive ketones (excluding diaryl/α,β-unsaturated/α-hetero) is 1. The molecular formula is C59H46Cl2N6O. The molecule has 0 saturated heterocycles. The standard InChI is InChI=1S/C59H46Cl2N6O/c60-47-23-11-13-25-51(47)66-49-27-31-62-35-45(49)53(57(55(66)41-17-3-1-4-18-41)64-33-29-39-15-7-9-21-43(39)37-64)59(68)54-46-36-63-32-28-50(46)67(52-26-14-12-24-48(52)61)56(42-19-5-2-6-20-42)58(54)65-34-30-40-16-8-10-22-44(40)38-65/h1-28,31-32,35-36,55-56H,29-30,33-34,37-38H2. The maximum Gasteiger partial charge on any atom is 0.198 e. The molecule has 0 radical (unpaired) electrons. The maximum atomic E-state index is 17.3. The van der Waals surface area contributed by atoms with Gasteiger partial charge in [-0.25, -0.2) is 0 Å². The number of benzene rings is 6. The van der Waals surface area contributed by atoms with E-state index in [0.29, 0.717) is 47.4 Å². The smallest absolute Gasteiger partial charge is 0.198 e. The van der Waals surface area contributed by atoms with Gasteiger partial charge in [-0.1, -0.05) is 157 Å². The van der Waals surface area contributed by atoms with Gasteiger partial charge in [0.05, 0.1) is 67.4 Å². The van der Waals surface area contributed by atoms with Crippen LogP contribution in [0.1, 0.15) is 56.6 Å². The number of allylic oxidation sites excluding steroid dienone is 2. The molecule has 68 heavy (non-hydrogen) atoms. The maximum absolute atomic E-state index is 17.3. The summed E-state index contributed by atoms with van der Waals surface area (Å²) in [4.78, 5) is 36.5. The van der Waals surface area contributed by atoms with Gasteiger partial charge < -0.3 is 19.6 Å². The van der Waals surface area contributed by atoms with Crippen LogP contribution in [0.25, 0.3) is 11.1 Å². The van der Waals surface area contributed by atoms with Gasteiger partial charge in [-0.15, -0.1) is 0 Å². The molecule has 0 spiro atoms. The molecule has 332 valence electrons. The van der Waals surface area contributed by atoms with Gasteiger partial charge in [-0.3, -0.25) is 14.8 Å². The van der Waals surface area contributed by atoms with Crippen LogP contribution in [0, 0.1) is 0 Å². The van der Waals surface area contributed by atoms with Crippen molar-refractivity contribution in [3.8, 4) is 0 Å². The lowest BCUT2D eigenvalue weighted by Gasteiger charge is -2.48. The van der Waals surface area contributed by atoms with Crippen LogP contribution in [0.3, 0.4) is 0 Å². The molecule has 0 aliphatic carbocycles. The lowest BCUT2D eigenvalue weighted by molar-refractivity contribution is -0.109. The third-order valence-electron chi connectivity index (χ3n) is 14.1. The van der Waals surface area contributed by atoms with E-state index in [1.165, 1.54) is 22.3 Å². The summed E-state index contributed by atoms with van der Waals surface area (Å²) in [5.41, 5.74) is 15.1. The van der Waals surface area contributed by atoms with E-state index in [2.05, 4.69) is 129 Å². The highest BCUT2D eigenvalue weighted by atomic mass is 35.5. The number of rotatable bonds is 8. The number of para-hydroxylation sites is 2. The largest absolute Gasteiger partial charge is 0.368 e. The van der Waals surface area contributed by atoms with Gasteiger partial charge in [0.25, 0.3) is 0 Å². The van der Waals surface area contributed by atoms with E-state index in [9.17, 15) is 0 Å². The van der Waals surface area contributed by atoms with E-state index in [0.717, 1.165) is 69.2 Å². The number of ketones is 1. The first kappa shape index (κ1) is 41.9. The zero-order valence-electron chi connectivity index (χ0n) is 37.2. The van der Waals surface area contributed by atoms with Crippen molar-refractivity contribution in [2.24, 2.45) is 0 Å². The molecule has 0 saturated carbocycles. The predicted molar refractivity (Wildman–Crippen MR) is 274 cm³/mol. The summed E-state index contributed by atoms with van der Waals surface area (Å²) in [6.45, 7) is 2.66. The van der Waals surface area contributed by atoms with Crippen LogP contribution >= 0.6 is 23.2 Å². The Bertz CT molecular complexity index is 3080. The molecule has 4 aliphatic heterocycles. The Hall–Kier alpha value is -7.45. The van der Waals surface area contributed by atoms with Crippen LogP contribution in [0.15, 0.2) is 206 Å². The average Bonchev–Trinajstić information content (AvgIpc) is 3.40. The number of aromatic nitrogens is 2. The molecule has 2 aromatic heterocycles. The Balaban J connectivity index is 1.20. The molecule has 0 N–H and O–H groups in total. The molecule has 0 bridgehead atoms. The number of hydrogen-bond acceptors (Lipinski definition) is 7.